The van der Waals surface area contributed by atoms with Gasteiger partial charge in [0.25, 0.3) is 0 Å². The molecule has 3 rings (SSSR count). The molecule has 2 N–H and O–H groups in total. The third-order valence-corrected chi connectivity index (χ3v) is 4.60. The highest BCUT2D eigenvalue weighted by molar-refractivity contribution is 6.01. The number of aliphatic hydroxyl groups is 2. The molecule has 0 amide bonds. The second-order valence-corrected chi connectivity index (χ2v) is 7.27. The van der Waals surface area contributed by atoms with Crippen LogP contribution in [0.2, 0.25) is 0 Å². The molecule has 0 radical (unpaired) electrons. The Bertz CT molecular complexity index is 1020. The number of hydrogen-bond acceptors (Lipinski definition) is 6. The highest BCUT2D eigenvalue weighted by Gasteiger charge is 2.23. The van der Waals surface area contributed by atoms with Gasteiger partial charge >= 0.3 is 5.63 Å². The van der Waals surface area contributed by atoms with Gasteiger partial charge in [0.05, 0.1) is 28.7 Å². The summed E-state index contributed by atoms with van der Waals surface area (Å²) in [4.78, 5) is 11.5. The van der Waals surface area contributed by atoms with Crippen LogP contribution in [0.5, 0.6) is 5.75 Å². The van der Waals surface area contributed by atoms with Gasteiger partial charge in [0, 0.05) is 12.1 Å². The van der Waals surface area contributed by atoms with Crippen LogP contribution in [-0.2, 0) is 0 Å². The molecule has 2 heterocycles. The van der Waals surface area contributed by atoms with E-state index in [1.165, 1.54) is 6.07 Å². The third kappa shape index (κ3) is 4.40. The number of fused-ring (bicyclic) bond motifs is 2. The van der Waals surface area contributed by atoms with E-state index < -0.39 is 17.3 Å². The standard InChI is InChI=1S/C21H24O6/c1-13(4-6-18(22)21(2,3)24)8-10-26-20-14-5-7-19(23)27-17(14)12-16-15(20)9-11-25-16/h5,7-9,11-12,18,22,24H,4,6,10H2,1-3H3/b13-8+/t18-/m1/s1. The van der Waals surface area contributed by atoms with E-state index in [0.29, 0.717) is 41.8 Å². The van der Waals surface area contributed by atoms with Gasteiger partial charge in [0.15, 0.2) is 0 Å². The van der Waals surface area contributed by atoms with Crippen LogP contribution >= 0.6 is 0 Å². The first-order valence-corrected chi connectivity index (χ1v) is 8.88. The molecule has 3 aromatic rings. The lowest BCUT2D eigenvalue weighted by Crippen LogP contribution is -2.35. The smallest absolute Gasteiger partial charge is 0.336 e. The number of benzene rings is 1. The average Bonchev–Trinajstić information content (AvgIpc) is 3.06. The van der Waals surface area contributed by atoms with Crippen molar-refractivity contribution in [1.29, 1.82) is 0 Å². The number of aliphatic hydroxyl groups excluding tert-OH is 1. The largest absolute Gasteiger partial charge is 0.488 e. The molecule has 0 saturated carbocycles. The fourth-order valence-electron chi connectivity index (χ4n) is 2.85. The molecule has 1 aromatic carbocycles. The second-order valence-electron chi connectivity index (χ2n) is 7.27. The number of ether oxygens (including phenoxy) is 1. The summed E-state index contributed by atoms with van der Waals surface area (Å²) >= 11 is 0. The molecule has 0 bridgehead atoms. The minimum Gasteiger partial charge on any atom is -0.488 e. The SMILES string of the molecule is C/C(=C\COc1c2ccoc2cc2oc(=O)ccc12)CC[C@@H](O)C(C)(C)O. The Morgan fingerprint density at radius 2 is 2.00 bits per heavy atom. The van der Waals surface area contributed by atoms with Gasteiger partial charge in [0.1, 0.15) is 23.5 Å². The Labute approximate surface area is 156 Å². The quantitative estimate of drug-likeness (QED) is 0.484. The van der Waals surface area contributed by atoms with Gasteiger partial charge in [-0.05, 0) is 51.8 Å². The first-order chi connectivity index (χ1) is 12.8. The first kappa shape index (κ1) is 19.2. The minimum atomic E-state index is -1.11. The van der Waals surface area contributed by atoms with Crippen LogP contribution in [0.15, 0.2) is 55.8 Å². The molecule has 0 aliphatic heterocycles. The normalized spacial score (nSPS) is 14.0. The Hall–Kier alpha value is -2.57. The third-order valence-electron chi connectivity index (χ3n) is 4.60. The summed E-state index contributed by atoms with van der Waals surface area (Å²) in [6.45, 7) is 5.46. The van der Waals surface area contributed by atoms with E-state index in [2.05, 4.69) is 0 Å². The van der Waals surface area contributed by atoms with Gasteiger partial charge in [0.2, 0.25) is 0 Å². The topological polar surface area (TPSA) is 93.0 Å². The summed E-state index contributed by atoms with van der Waals surface area (Å²) in [5, 5.41) is 21.2. The Morgan fingerprint density at radius 1 is 1.26 bits per heavy atom. The molecule has 27 heavy (non-hydrogen) atoms. The molecule has 0 aliphatic rings. The van der Waals surface area contributed by atoms with Crippen LogP contribution in [0.25, 0.3) is 21.9 Å². The Kier molecular flexibility index (Phi) is 5.39. The molecule has 1 atom stereocenters. The summed E-state index contributed by atoms with van der Waals surface area (Å²) in [5.74, 6) is 0.598. The summed E-state index contributed by atoms with van der Waals surface area (Å²) in [7, 11) is 0. The summed E-state index contributed by atoms with van der Waals surface area (Å²) in [5.41, 5.74) is 0.500. The van der Waals surface area contributed by atoms with Crippen molar-refractivity contribution >= 4 is 21.9 Å². The lowest BCUT2D eigenvalue weighted by Gasteiger charge is -2.24. The van der Waals surface area contributed by atoms with Crippen molar-refractivity contribution < 1.29 is 23.8 Å². The van der Waals surface area contributed by atoms with Crippen LogP contribution < -0.4 is 10.4 Å². The van der Waals surface area contributed by atoms with E-state index >= 15 is 0 Å². The average molecular weight is 372 g/mol. The number of furan rings is 1. The molecule has 6 nitrogen and oxygen atoms in total. The maximum Gasteiger partial charge on any atom is 0.336 e. The van der Waals surface area contributed by atoms with Gasteiger partial charge < -0.3 is 23.8 Å². The second kappa shape index (κ2) is 7.58. The van der Waals surface area contributed by atoms with E-state index in [-0.39, 0.29) is 0 Å². The number of allylic oxidation sites excluding steroid dienone is 1. The van der Waals surface area contributed by atoms with Gasteiger partial charge in [-0.3, -0.25) is 0 Å². The maximum absolute atomic E-state index is 11.5. The zero-order valence-electron chi connectivity index (χ0n) is 15.7. The molecule has 0 aliphatic carbocycles. The zero-order valence-corrected chi connectivity index (χ0v) is 15.7. The minimum absolute atomic E-state index is 0.322. The summed E-state index contributed by atoms with van der Waals surface area (Å²) in [6, 6.07) is 6.53. The van der Waals surface area contributed by atoms with Gasteiger partial charge in [-0.2, -0.15) is 0 Å². The van der Waals surface area contributed by atoms with Crippen LogP contribution in [0.3, 0.4) is 0 Å². The number of hydrogen-bond donors (Lipinski definition) is 2. The molecule has 0 fully saturated rings. The summed E-state index contributed by atoms with van der Waals surface area (Å²) in [6.07, 6.45) is 3.83. The van der Waals surface area contributed by atoms with E-state index in [1.54, 1.807) is 32.2 Å². The monoisotopic (exact) mass is 372 g/mol. The van der Waals surface area contributed by atoms with Crippen LogP contribution in [0, 0.1) is 0 Å². The molecule has 0 saturated heterocycles. The Balaban J connectivity index is 1.76. The van der Waals surface area contributed by atoms with Crippen molar-refractivity contribution in [3.8, 4) is 5.75 Å². The van der Waals surface area contributed by atoms with Gasteiger partial charge in [-0.15, -0.1) is 0 Å². The van der Waals surface area contributed by atoms with E-state index in [0.717, 1.165) is 11.0 Å². The van der Waals surface area contributed by atoms with Crippen molar-refractivity contribution in [1.82, 2.24) is 0 Å². The van der Waals surface area contributed by atoms with E-state index in [1.807, 2.05) is 19.1 Å². The fraction of sp³-hybridized carbons (Fsp3) is 0.381. The molecule has 2 aromatic heterocycles. The van der Waals surface area contributed by atoms with Gasteiger partial charge in [-0.1, -0.05) is 5.57 Å². The number of rotatable bonds is 7. The molecule has 6 heteroatoms. The highest BCUT2D eigenvalue weighted by Crippen LogP contribution is 2.35. The van der Waals surface area contributed by atoms with Crippen molar-refractivity contribution in [3.63, 3.8) is 0 Å². The molecular formula is C21H24O6. The predicted octanol–water partition coefficient (Wildman–Crippen LogP) is 3.78. The van der Waals surface area contributed by atoms with Crippen molar-refractivity contribution in [3.05, 3.63) is 52.6 Å². The van der Waals surface area contributed by atoms with Crippen molar-refractivity contribution in [2.24, 2.45) is 0 Å². The van der Waals surface area contributed by atoms with Gasteiger partial charge in [-0.25, -0.2) is 4.79 Å². The Morgan fingerprint density at radius 3 is 2.74 bits per heavy atom. The van der Waals surface area contributed by atoms with Crippen LogP contribution in [-0.4, -0.2) is 28.5 Å². The maximum atomic E-state index is 11.5. The highest BCUT2D eigenvalue weighted by atomic mass is 16.5. The first-order valence-electron chi connectivity index (χ1n) is 8.88. The van der Waals surface area contributed by atoms with Crippen LogP contribution in [0.1, 0.15) is 33.6 Å². The van der Waals surface area contributed by atoms with Crippen molar-refractivity contribution in [2.75, 3.05) is 6.61 Å². The molecule has 144 valence electrons. The van der Waals surface area contributed by atoms with E-state index in [4.69, 9.17) is 13.6 Å². The molecule has 0 unspecified atom stereocenters. The van der Waals surface area contributed by atoms with Crippen molar-refractivity contribution in [2.45, 2.75) is 45.3 Å². The molecule has 0 spiro atoms. The lowest BCUT2D eigenvalue weighted by atomic mass is 9.96. The lowest BCUT2D eigenvalue weighted by molar-refractivity contribution is -0.0509. The fourth-order valence-corrected chi connectivity index (χ4v) is 2.85. The zero-order chi connectivity index (χ0) is 19.6. The van der Waals surface area contributed by atoms with Crippen LogP contribution in [0.4, 0.5) is 0 Å². The molecular weight excluding hydrogens is 348 g/mol. The summed E-state index contributed by atoms with van der Waals surface area (Å²) < 4.78 is 16.6. The predicted molar refractivity (Wildman–Crippen MR) is 103 cm³/mol. The van der Waals surface area contributed by atoms with E-state index in [9.17, 15) is 15.0 Å².